The quantitative estimate of drug-likeness (QED) is 0.598. The zero-order valence-corrected chi connectivity index (χ0v) is 17.3. The van der Waals surface area contributed by atoms with Crippen molar-refractivity contribution < 1.29 is 12.8 Å². The van der Waals surface area contributed by atoms with Crippen LogP contribution in [0.1, 0.15) is 25.0 Å². The Bertz CT molecular complexity index is 1150. The van der Waals surface area contributed by atoms with Gasteiger partial charge in [0, 0.05) is 29.4 Å². The number of hydrogen-bond donors (Lipinski definition) is 2. The van der Waals surface area contributed by atoms with Gasteiger partial charge in [-0.2, -0.15) is 0 Å². The molecule has 30 heavy (non-hydrogen) atoms. The second kappa shape index (κ2) is 7.98. The predicted octanol–water partition coefficient (Wildman–Crippen LogP) is 3.58. The van der Waals surface area contributed by atoms with Gasteiger partial charge in [0.05, 0.1) is 17.6 Å². The highest BCUT2D eigenvalue weighted by Crippen LogP contribution is 2.43. The zero-order valence-electron chi connectivity index (χ0n) is 16.5. The first-order valence-electron chi connectivity index (χ1n) is 9.62. The molecular weight excluding hydrogens is 405 g/mol. The smallest absolute Gasteiger partial charge is 0.229 e. The van der Waals surface area contributed by atoms with Gasteiger partial charge < -0.3 is 5.32 Å². The Hall–Kier alpha value is -3.07. The molecule has 2 N–H and O–H groups in total. The molecule has 4 rings (SSSR count). The zero-order chi connectivity index (χ0) is 21.2. The number of nitrogens with zero attached hydrogens (tertiary/aromatic N) is 3. The summed E-state index contributed by atoms with van der Waals surface area (Å²) >= 11 is 0. The van der Waals surface area contributed by atoms with Crippen molar-refractivity contribution in [1.82, 2.24) is 15.2 Å². The molecule has 0 aliphatic heterocycles. The minimum atomic E-state index is -3.36. The first-order valence-corrected chi connectivity index (χ1v) is 11.5. The third kappa shape index (κ3) is 4.40. The highest BCUT2D eigenvalue weighted by Gasteiger charge is 2.41. The van der Waals surface area contributed by atoms with Crippen molar-refractivity contribution in [3.05, 3.63) is 66.2 Å². The van der Waals surface area contributed by atoms with E-state index in [0.29, 0.717) is 29.4 Å². The predicted molar refractivity (Wildman–Crippen MR) is 114 cm³/mol. The third-order valence-electron chi connectivity index (χ3n) is 5.31. The van der Waals surface area contributed by atoms with E-state index in [1.165, 1.54) is 6.07 Å². The molecule has 7 nitrogen and oxygen atoms in total. The number of benzene rings is 1. The van der Waals surface area contributed by atoms with Crippen molar-refractivity contribution in [2.45, 2.75) is 24.7 Å². The van der Waals surface area contributed by atoms with E-state index in [4.69, 9.17) is 0 Å². The van der Waals surface area contributed by atoms with Crippen molar-refractivity contribution in [1.29, 1.82) is 0 Å². The molecule has 2 aromatic heterocycles. The van der Waals surface area contributed by atoms with Crippen molar-refractivity contribution >= 4 is 21.5 Å². The molecule has 3 aromatic rings. The third-order valence-corrected chi connectivity index (χ3v) is 5.91. The molecule has 9 heteroatoms. The number of halogens is 1. The number of pyridine rings is 1. The lowest BCUT2D eigenvalue weighted by Gasteiger charge is -2.41. The van der Waals surface area contributed by atoms with Gasteiger partial charge in [-0.25, -0.2) is 12.8 Å². The maximum Gasteiger partial charge on any atom is 0.229 e. The highest BCUT2D eigenvalue weighted by molar-refractivity contribution is 7.92. The summed E-state index contributed by atoms with van der Waals surface area (Å²) in [6.07, 6.45) is 5.52. The maximum absolute atomic E-state index is 14.2. The Labute approximate surface area is 174 Å². The molecule has 0 amide bonds. The number of anilines is 2. The van der Waals surface area contributed by atoms with Crippen LogP contribution in [-0.4, -0.2) is 36.4 Å². The van der Waals surface area contributed by atoms with Crippen LogP contribution < -0.4 is 10.0 Å². The summed E-state index contributed by atoms with van der Waals surface area (Å²) in [7, 11) is -3.36. The van der Waals surface area contributed by atoms with E-state index < -0.39 is 10.0 Å². The molecule has 0 saturated heterocycles. The standard InChI is InChI=1S/C21H22FN5O2S/c1-30(28,29)27-16-6-2-5-15(13-16)18-8-9-19(26-25-18)24-14-21(10-4-11-21)20-17(22)7-3-12-23-20/h2-3,5-9,12-13,27H,4,10-11,14H2,1H3,(H,24,26). The van der Waals surface area contributed by atoms with Crippen LogP contribution in [0.2, 0.25) is 0 Å². The molecule has 1 aromatic carbocycles. The summed E-state index contributed by atoms with van der Waals surface area (Å²) in [4.78, 5) is 4.27. The van der Waals surface area contributed by atoms with Crippen LogP contribution >= 0.6 is 0 Å². The topological polar surface area (TPSA) is 96.9 Å². The van der Waals surface area contributed by atoms with Crippen molar-refractivity contribution in [2.75, 3.05) is 22.8 Å². The monoisotopic (exact) mass is 427 g/mol. The Morgan fingerprint density at radius 1 is 1.10 bits per heavy atom. The minimum Gasteiger partial charge on any atom is -0.368 e. The summed E-state index contributed by atoms with van der Waals surface area (Å²) in [6, 6.07) is 13.6. The molecule has 0 radical (unpaired) electrons. The van der Waals surface area contributed by atoms with Crippen LogP contribution in [0.5, 0.6) is 0 Å². The van der Waals surface area contributed by atoms with Gasteiger partial charge in [0.15, 0.2) is 0 Å². The number of rotatable bonds is 7. The summed E-state index contributed by atoms with van der Waals surface area (Å²) in [5, 5.41) is 11.7. The van der Waals surface area contributed by atoms with Gasteiger partial charge in [0.1, 0.15) is 11.6 Å². The Balaban J connectivity index is 1.47. The number of sulfonamides is 1. The largest absolute Gasteiger partial charge is 0.368 e. The van der Waals surface area contributed by atoms with E-state index in [9.17, 15) is 12.8 Å². The summed E-state index contributed by atoms with van der Waals surface area (Å²) in [5.41, 5.74) is 2.00. The first-order chi connectivity index (χ1) is 14.3. The van der Waals surface area contributed by atoms with Gasteiger partial charge in [0.2, 0.25) is 10.0 Å². The van der Waals surface area contributed by atoms with Crippen molar-refractivity contribution in [2.24, 2.45) is 0 Å². The normalized spacial score (nSPS) is 15.3. The van der Waals surface area contributed by atoms with Gasteiger partial charge in [-0.3, -0.25) is 9.71 Å². The number of nitrogens with one attached hydrogen (secondary N) is 2. The summed E-state index contributed by atoms with van der Waals surface area (Å²) < 4.78 is 39.5. The van der Waals surface area contributed by atoms with Crippen LogP contribution in [0, 0.1) is 5.82 Å². The van der Waals surface area contributed by atoms with Gasteiger partial charge >= 0.3 is 0 Å². The molecule has 1 aliphatic rings. The van der Waals surface area contributed by atoms with Gasteiger partial charge in [-0.05, 0) is 49.2 Å². The Morgan fingerprint density at radius 3 is 2.57 bits per heavy atom. The SMILES string of the molecule is CS(=O)(=O)Nc1cccc(-c2ccc(NCC3(c4ncccc4F)CCC3)nn2)c1. The lowest BCUT2D eigenvalue weighted by Crippen LogP contribution is -2.42. The average molecular weight is 428 g/mol. The van der Waals surface area contributed by atoms with Crippen molar-refractivity contribution in [3.8, 4) is 11.3 Å². The van der Waals surface area contributed by atoms with Gasteiger partial charge in [0.25, 0.3) is 0 Å². The number of hydrogen-bond acceptors (Lipinski definition) is 6. The van der Waals surface area contributed by atoms with Crippen LogP contribution in [0.4, 0.5) is 15.9 Å². The molecule has 1 fully saturated rings. The second-order valence-corrected chi connectivity index (χ2v) is 9.33. The second-order valence-electron chi connectivity index (χ2n) is 7.58. The van der Waals surface area contributed by atoms with Gasteiger partial charge in [-0.1, -0.05) is 18.6 Å². The van der Waals surface area contributed by atoms with E-state index in [1.54, 1.807) is 36.5 Å². The molecule has 1 aliphatic carbocycles. The minimum absolute atomic E-state index is 0.275. The lowest BCUT2D eigenvalue weighted by atomic mass is 9.66. The summed E-state index contributed by atoms with van der Waals surface area (Å²) in [5.74, 6) is 0.315. The Kier molecular flexibility index (Phi) is 5.38. The first kappa shape index (κ1) is 20.2. The molecule has 1 saturated carbocycles. The van der Waals surface area contributed by atoms with Crippen molar-refractivity contribution in [3.63, 3.8) is 0 Å². The molecule has 156 valence electrons. The Morgan fingerprint density at radius 2 is 1.93 bits per heavy atom. The number of aromatic nitrogens is 3. The average Bonchev–Trinajstić information content (AvgIpc) is 2.68. The van der Waals surface area contributed by atoms with E-state index in [2.05, 4.69) is 25.2 Å². The maximum atomic E-state index is 14.2. The molecule has 0 unspecified atom stereocenters. The van der Waals surface area contributed by atoms with E-state index in [1.807, 2.05) is 12.1 Å². The fourth-order valence-corrected chi connectivity index (χ4v) is 4.23. The molecular formula is C21H22FN5O2S. The van der Waals surface area contributed by atoms with E-state index in [-0.39, 0.29) is 11.2 Å². The fourth-order valence-electron chi connectivity index (χ4n) is 3.67. The fraction of sp³-hybridized carbons (Fsp3) is 0.286. The molecule has 0 atom stereocenters. The van der Waals surface area contributed by atoms with Gasteiger partial charge in [-0.15, -0.1) is 10.2 Å². The van der Waals surface area contributed by atoms with Crippen LogP contribution in [0.3, 0.4) is 0 Å². The van der Waals surface area contributed by atoms with Crippen LogP contribution in [0.15, 0.2) is 54.7 Å². The van der Waals surface area contributed by atoms with Crippen LogP contribution in [0.25, 0.3) is 11.3 Å². The molecule has 2 heterocycles. The lowest BCUT2D eigenvalue weighted by molar-refractivity contribution is 0.243. The van der Waals surface area contributed by atoms with E-state index >= 15 is 0 Å². The van der Waals surface area contributed by atoms with Crippen LogP contribution in [-0.2, 0) is 15.4 Å². The molecule has 0 bridgehead atoms. The summed E-state index contributed by atoms with van der Waals surface area (Å²) in [6.45, 7) is 0.530. The highest BCUT2D eigenvalue weighted by atomic mass is 32.2. The molecule has 0 spiro atoms. The van der Waals surface area contributed by atoms with E-state index in [0.717, 1.165) is 31.1 Å².